The maximum absolute atomic E-state index is 11.4. The molecule has 1 aliphatic heterocycles. The lowest BCUT2D eigenvalue weighted by Gasteiger charge is -2.18. The number of nitrogens with zero attached hydrogens (tertiary/aromatic N) is 4. The molecule has 26 heavy (non-hydrogen) atoms. The highest BCUT2D eigenvalue weighted by Gasteiger charge is 2.13. The van der Waals surface area contributed by atoms with E-state index in [4.69, 9.17) is 4.74 Å². The standard InChI is InChI=1S/C18H19N5O2S/c24-15-6-11-23(12-9-19-15)10-5-13-1-3-14(4-2-13)25-18-22-16-17(26-18)21-8-7-20-16/h1-4,7-8H,5-6,9-12H2,(H,19,24). The summed E-state index contributed by atoms with van der Waals surface area (Å²) in [5.74, 6) is 0.895. The van der Waals surface area contributed by atoms with Gasteiger partial charge in [0.05, 0.1) is 0 Å². The van der Waals surface area contributed by atoms with Crippen molar-refractivity contribution in [3.63, 3.8) is 0 Å². The number of hydrogen-bond acceptors (Lipinski definition) is 7. The number of amides is 1. The number of fused-ring (bicyclic) bond motifs is 1. The van der Waals surface area contributed by atoms with Crippen molar-refractivity contribution < 1.29 is 9.53 Å². The van der Waals surface area contributed by atoms with Gasteiger partial charge in [0.1, 0.15) is 5.75 Å². The van der Waals surface area contributed by atoms with Crippen LogP contribution in [-0.2, 0) is 11.2 Å². The van der Waals surface area contributed by atoms with Crippen molar-refractivity contribution in [2.24, 2.45) is 0 Å². The molecule has 4 rings (SSSR count). The highest BCUT2D eigenvalue weighted by Crippen LogP contribution is 2.29. The molecule has 1 fully saturated rings. The highest BCUT2D eigenvalue weighted by atomic mass is 32.1. The smallest absolute Gasteiger partial charge is 0.282 e. The fraction of sp³-hybridized carbons (Fsp3) is 0.333. The summed E-state index contributed by atoms with van der Waals surface area (Å²) >= 11 is 1.38. The Kier molecular flexibility index (Phi) is 5.03. The second kappa shape index (κ2) is 7.76. The van der Waals surface area contributed by atoms with Crippen molar-refractivity contribution >= 4 is 27.7 Å². The topological polar surface area (TPSA) is 80.2 Å². The summed E-state index contributed by atoms with van der Waals surface area (Å²) < 4.78 is 5.81. The van der Waals surface area contributed by atoms with Gasteiger partial charge in [-0.25, -0.2) is 9.97 Å². The largest absolute Gasteiger partial charge is 0.431 e. The van der Waals surface area contributed by atoms with Crippen LogP contribution in [-0.4, -0.2) is 51.9 Å². The Morgan fingerprint density at radius 3 is 2.85 bits per heavy atom. The molecule has 1 N–H and O–H groups in total. The van der Waals surface area contributed by atoms with Crippen LogP contribution >= 0.6 is 11.3 Å². The second-order valence-corrected chi connectivity index (χ2v) is 7.04. The molecule has 1 aliphatic rings. The summed E-state index contributed by atoms with van der Waals surface area (Å²) in [5.41, 5.74) is 1.85. The van der Waals surface area contributed by atoms with Crippen LogP contribution in [0.25, 0.3) is 10.5 Å². The number of aromatic nitrogens is 3. The fourth-order valence-corrected chi connectivity index (χ4v) is 3.59. The first-order valence-electron chi connectivity index (χ1n) is 8.60. The van der Waals surface area contributed by atoms with E-state index >= 15 is 0 Å². The molecule has 8 heteroatoms. The molecular weight excluding hydrogens is 350 g/mol. The number of ether oxygens (including phenoxy) is 1. The van der Waals surface area contributed by atoms with Crippen LogP contribution in [0.1, 0.15) is 12.0 Å². The molecule has 3 aromatic rings. The number of carbonyl (C=O) groups is 1. The Balaban J connectivity index is 1.33. The molecule has 0 saturated carbocycles. The van der Waals surface area contributed by atoms with E-state index in [1.54, 1.807) is 12.4 Å². The van der Waals surface area contributed by atoms with Gasteiger partial charge in [0, 0.05) is 45.0 Å². The lowest BCUT2D eigenvalue weighted by Crippen LogP contribution is -2.30. The first kappa shape index (κ1) is 16.9. The molecule has 0 unspecified atom stereocenters. The Hall–Kier alpha value is -2.58. The second-order valence-electron chi connectivity index (χ2n) is 6.10. The first-order chi connectivity index (χ1) is 12.8. The van der Waals surface area contributed by atoms with Crippen molar-refractivity contribution in [1.29, 1.82) is 0 Å². The summed E-state index contributed by atoms with van der Waals surface area (Å²) in [4.78, 5) is 27.2. The van der Waals surface area contributed by atoms with E-state index in [1.807, 2.05) is 12.1 Å². The molecule has 0 aliphatic carbocycles. The highest BCUT2D eigenvalue weighted by molar-refractivity contribution is 7.19. The Bertz CT molecular complexity index is 863. The third-order valence-electron chi connectivity index (χ3n) is 4.28. The average Bonchev–Trinajstić information content (AvgIpc) is 2.95. The van der Waals surface area contributed by atoms with E-state index in [-0.39, 0.29) is 5.91 Å². The molecule has 0 atom stereocenters. The minimum Gasteiger partial charge on any atom is -0.431 e. The zero-order valence-electron chi connectivity index (χ0n) is 14.2. The van der Waals surface area contributed by atoms with Crippen LogP contribution in [0.2, 0.25) is 0 Å². The van der Waals surface area contributed by atoms with Crippen LogP contribution in [0.5, 0.6) is 10.9 Å². The third kappa shape index (κ3) is 4.14. The zero-order valence-corrected chi connectivity index (χ0v) is 15.0. The van der Waals surface area contributed by atoms with Crippen LogP contribution in [0, 0.1) is 0 Å². The van der Waals surface area contributed by atoms with Crippen molar-refractivity contribution in [2.45, 2.75) is 12.8 Å². The molecule has 1 saturated heterocycles. The third-order valence-corrected chi connectivity index (χ3v) is 5.11. The maximum Gasteiger partial charge on any atom is 0.282 e. The Morgan fingerprint density at radius 2 is 2.00 bits per heavy atom. The quantitative estimate of drug-likeness (QED) is 0.743. The summed E-state index contributed by atoms with van der Waals surface area (Å²) in [6.45, 7) is 3.42. The predicted molar refractivity (Wildman–Crippen MR) is 99.5 cm³/mol. The molecule has 0 bridgehead atoms. The van der Waals surface area contributed by atoms with Gasteiger partial charge in [-0.1, -0.05) is 23.5 Å². The van der Waals surface area contributed by atoms with E-state index < -0.39 is 0 Å². The number of hydrogen-bond donors (Lipinski definition) is 1. The number of thiazole rings is 1. The monoisotopic (exact) mass is 369 g/mol. The summed E-state index contributed by atoms with van der Waals surface area (Å²) in [7, 11) is 0. The van der Waals surface area contributed by atoms with Gasteiger partial charge in [-0.3, -0.25) is 4.79 Å². The van der Waals surface area contributed by atoms with Crippen molar-refractivity contribution in [3.8, 4) is 10.9 Å². The van der Waals surface area contributed by atoms with Crippen LogP contribution in [0.15, 0.2) is 36.7 Å². The van der Waals surface area contributed by atoms with Gasteiger partial charge < -0.3 is 15.0 Å². The zero-order chi connectivity index (χ0) is 17.8. The summed E-state index contributed by atoms with van der Waals surface area (Å²) in [6.07, 6.45) is 4.80. The number of nitrogens with one attached hydrogen (secondary N) is 1. The van der Waals surface area contributed by atoms with Gasteiger partial charge in [0.2, 0.25) is 5.91 Å². The van der Waals surface area contributed by atoms with Crippen molar-refractivity contribution in [2.75, 3.05) is 26.2 Å². The van der Waals surface area contributed by atoms with Crippen LogP contribution < -0.4 is 10.1 Å². The van der Waals surface area contributed by atoms with Crippen LogP contribution in [0.4, 0.5) is 0 Å². The molecule has 7 nitrogen and oxygen atoms in total. The van der Waals surface area contributed by atoms with Gasteiger partial charge >= 0.3 is 0 Å². The SMILES string of the molecule is O=C1CCN(CCc2ccc(Oc3nc4nccnc4s3)cc2)CCN1. The predicted octanol–water partition coefficient (Wildman–Crippen LogP) is 2.24. The van der Waals surface area contributed by atoms with Crippen molar-refractivity contribution in [1.82, 2.24) is 25.2 Å². The molecule has 3 heterocycles. The first-order valence-corrected chi connectivity index (χ1v) is 9.41. The maximum atomic E-state index is 11.4. The number of benzene rings is 1. The van der Waals surface area contributed by atoms with Gasteiger partial charge in [-0.05, 0) is 24.1 Å². The Labute approximate surface area is 155 Å². The van der Waals surface area contributed by atoms with E-state index in [9.17, 15) is 4.79 Å². The molecule has 1 amide bonds. The fourth-order valence-electron chi connectivity index (χ4n) is 2.85. The van der Waals surface area contributed by atoms with E-state index in [2.05, 4.69) is 37.3 Å². The van der Waals surface area contributed by atoms with Gasteiger partial charge in [0.15, 0.2) is 10.5 Å². The molecule has 0 radical (unpaired) electrons. The molecule has 2 aromatic heterocycles. The molecular formula is C18H19N5O2S. The lowest BCUT2D eigenvalue weighted by atomic mass is 10.1. The van der Waals surface area contributed by atoms with Crippen LogP contribution in [0.3, 0.4) is 0 Å². The average molecular weight is 369 g/mol. The van der Waals surface area contributed by atoms with Crippen molar-refractivity contribution in [3.05, 3.63) is 42.2 Å². The van der Waals surface area contributed by atoms with Gasteiger partial charge in [-0.2, -0.15) is 4.98 Å². The Morgan fingerprint density at radius 1 is 1.15 bits per heavy atom. The van der Waals surface area contributed by atoms with Gasteiger partial charge in [0.25, 0.3) is 5.19 Å². The van der Waals surface area contributed by atoms with E-state index in [0.29, 0.717) is 17.3 Å². The lowest BCUT2D eigenvalue weighted by molar-refractivity contribution is -0.120. The van der Waals surface area contributed by atoms with Gasteiger partial charge in [-0.15, -0.1) is 0 Å². The van der Waals surface area contributed by atoms with E-state index in [0.717, 1.165) is 43.2 Å². The molecule has 0 spiro atoms. The molecule has 1 aromatic carbocycles. The van der Waals surface area contributed by atoms with E-state index in [1.165, 1.54) is 16.9 Å². The summed E-state index contributed by atoms with van der Waals surface area (Å²) in [5, 5.41) is 3.44. The normalized spacial score (nSPS) is 15.6. The number of rotatable bonds is 5. The minimum absolute atomic E-state index is 0.147. The minimum atomic E-state index is 0.147. The molecule has 134 valence electrons. The summed E-state index contributed by atoms with van der Waals surface area (Å²) in [6, 6.07) is 8.05. The number of carbonyl (C=O) groups excluding carboxylic acids is 1.